The minimum atomic E-state index is -0.802. The van der Waals surface area contributed by atoms with Crippen LogP contribution in [0, 0.1) is 0 Å². The van der Waals surface area contributed by atoms with Crippen LogP contribution in [-0.4, -0.2) is 35.9 Å². The van der Waals surface area contributed by atoms with Gasteiger partial charge in [-0.2, -0.15) is 0 Å². The van der Waals surface area contributed by atoms with Crippen LogP contribution in [0.15, 0.2) is 14.4 Å². The summed E-state index contributed by atoms with van der Waals surface area (Å²) < 4.78 is 3.86. The minimum Gasteiger partial charge on any atom is -0.458 e. The van der Waals surface area contributed by atoms with Gasteiger partial charge in [0.25, 0.3) is 0 Å². The van der Waals surface area contributed by atoms with Gasteiger partial charge < -0.3 is 4.12 Å². The molecule has 7 nitrogen and oxygen atoms in total. The highest BCUT2D eigenvalue weighted by Crippen LogP contribution is 1.29. The van der Waals surface area contributed by atoms with Gasteiger partial charge in [-0.15, -0.1) is 0 Å². The summed E-state index contributed by atoms with van der Waals surface area (Å²) in [7, 11) is 5.19. The summed E-state index contributed by atoms with van der Waals surface area (Å²) in [6, 6.07) is 0. The van der Waals surface area contributed by atoms with Gasteiger partial charge in [0.1, 0.15) is 0 Å². The molecular weight excluding hydrogens is 198 g/mol. The minimum absolute atomic E-state index is 0.802. The van der Waals surface area contributed by atoms with Gasteiger partial charge in [0.2, 0.25) is 21.0 Å². The van der Waals surface area contributed by atoms with Gasteiger partial charge in [0.05, 0.1) is 0 Å². The monoisotopic (exact) mass is 201 g/mol. The molecule has 0 saturated carbocycles. The van der Waals surface area contributed by atoms with Crippen molar-refractivity contribution < 1.29 is 4.12 Å². The van der Waals surface area contributed by atoms with Crippen LogP contribution >= 0.6 is 0 Å². The summed E-state index contributed by atoms with van der Waals surface area (Å²) in [6.07, 6.45) is 0. The predicted octanol–water partition coefficient (Wildman–Crippen LogP) is -3.08. The third kappa shape index (κ3) is 4.59. The maximum Gasteiger partial charge on any atom is 0.330 e. The number of hydrogen-bond acceptors (Lipinski definition) is 4. The van der Waals surface area contributed by atoms with Crippen molar-refractivity contribution in [2.75, 3.05) is 0 Å². The summed E-state index contributed by atoms with van der Waals surface area (Å²) >= 11 is 0. The SMILES string of the molecule is O=c1[nH]c(=O)[nH]c(=O)[nH]1.[Si]O[Si]. The highest BCUT2D eigenvalue weighted by Gasteiger charge is 1.84. The van der Waals surface area contributed by atoms with Crippen LogP contribution in [0.3, 0.4) is 0 Å². The summed E-state index contributed by atoms with van der Waals surface area (Å²) in [4.78, 5) is 35.9. The van der Waals surface area contributed by atoms with Gasteiger partial charge in [0.15, 0.2) is 0 Å². The largest absolute Gasteiger partial charge is 0.458 e. The first-order chi connectivity index (χ1) is 5.60. The smallest absolute Gasteiger partial charge is 0.330 e. The third-order valence-corrected chi connectivity index (χ3v) is 0.681. The molecule has 12 heavy (non-hydrogen) atoms. The maximum atomic E-state index is 10.2. The number of aromatic amines is 3. The molecule has 0 fully saturated rings. The van der Waals surface area contributed by atoms with Crippen molar-refractivity contribution in [3.05, 3.63) is 31.5 Å². The highest BCUT2D eigenvalue weighted by molar-refractivity contribution is 6.15. The van der Waals surface area contributed by atoms with E-state index in [0.29, 0.717) is 0 Å². The number of rotatable bonds is 0. The van der Waals surface area contributed by atoms with E-state index in [2.05, 4.69) is 25.1 Å². The lowest BCUT2D eigenvalue weighted by molar-refractivity contribution is 0.690. The quantitative estimate of drug-likeness (QED) is 0.387. The van der Waals surface area contributed by atoms with Gasteiger partial charge in [-0.1, -0.05) is 0 Å². The molecule has 1 rings (SSSR count). The molecule has 0 aromatic carbocycles. The normalized spacial score (nSPS) is 8.50. The van der Waals surface area contributed by atoms with E-state index in [1.165, 1.54) is 0 Å². The Morgan fingerprint density at radius 2 is 1.00 bits per heavy atom. The molecule has 1 aromatic rings. The Morgan fingerprint density at radius 1 is 0.833 bits per heavy atom. The summed E-state index contributed by atoms with van der Waals surface area (Å²) in [6.45, 7) is 0. The molecule has 0 unspecified atom stereocenters. The molecule has 62 valence electrons. The first-order valence-electron chi connectivity index (χ1n) is 2.52. The van der Waals surface area contributed by atoms with Crippen molar-refractivity contribution in [1.82, 2.24) is 15.0 Å². The van der Waals surface area contributed by atoms with Crippen LogP contribution in [-0.2, 0) is 4.12 Å². The van der Waals surface area contributed by atoms with E-state index < -0.39 is 17.1 Å². The second kappa shape index (κ2) is 5.45. The van der Waals surface area contributed by atoms with Crippen molar-refractivity contribution in [3.63, 3.8) is 0 Å². The number of aromatic nitrogens is 3. The predicted molar refractivity (Wildman–Crippen MR) is 40.9 cm³/mol. The number of nitrogens with one attached hydrogen (secondary N) is 3. The van der Waals surface area contributed by atoms with E-state index in [4.69, 9.17) is 0 Å². The highest BCUT2D eigenvalue weighted by atomic mass is 28.3. The van der Waals surface area contributed by atoms with Crippen LogP contribution in [0.5, 0.6) is 0 Å². The topological polar surface area (TPSA) is 108 Å². The van der Waals surface area contributed by atoms with Crippen LogP contribution in [0.1, 0.15) is 0 Å². The van der Waals surface area contributed by atoms with Gasteiger partial charge in [-0.3, -0.25) is 15.0 Å². The van der Waals surface area contributed by atoms with Gasteiger partial charge in [-0.25, -0.2) is 14.4 Å². The summed E-state index contributed by atoms with van der Waals surface area (Å²) in [5.74, 6) is 0. The molecule has 0 aliphatic heterocycles. The second-order valence-corrected chi connectivity index (χ2v) is 2.28. The zero-order valence-electron chi connectivity index (χ0n) is 5.63. The van der Waals surface area contributed by atoms with Crippen molar-refractivity contribution in [2.45, 2.75) is 0 Å². The van der Waals surface area contributed by atoms with E-state index in [1.807, 2.05) is 0 Å². The fourth-order valence-corrected chi connectivity index (χ4v) is 0.403. The molecule has 3 N–H and O–H groups in total. The summed E-state index contributed by atoms with van der Waals surface area (Å²) in [5.41, 5.74) is -2.41. The van der Waals surface area contributed by atoms with Crippen LogP contribution in [0.2, 0.25) is 0 Å². The third-order valence-electron chi connectivity index (χ3n) is 0.681. The molecule has 9 heteroatoms. The molecule has 1 heterocycles. The summed E-state index contributed by atoms with van der Waals surface area (Å²) in [5, 5.41) is 0. The number of hydrogen-bond donors (Lipinski definition) is 3. The molecule has 0 aliphatic rings. The first kappa shape index (κ1) is 10.8. The van der Waals surface area contributed by atoms with Gasteiger partial charge in [-0.05, 0) is 0 Å². The first-order valence-corrected chi connectivity index (χ1v) is 3.34. The molecule has 1 aromatic heterocycles. The Hall–Kier alpha value is -1.20. The molecule has 6 radical (unpaired) electrons. The number of H-pyrrole nitrogens is 3. The van der Waals surface area contributed by atoms with Crippen LogP contribution in [0.25, 0.3) is 0 Å². The zero-order chi connectivity index (χ0) is 9.56. The van der Waals surface area contributed by atoms with Crippen molar-refractivity contribution in [3.8, 4) is 0 Å². The van der Waals surface area contributed by atoms with Gasteiger partial charge in [0, 0.05) is 0 Å². The lowest BCUT2D eigenvalue weighted by Gasteiger charge is -1.77. The Labute approximate surface area is 72.3 Å². The Morgan fingerprint density at radius 3 is 1.17 bits per heavy atom. The van der Waals surface area contributed by atoms with E-state index in [-0.39, 0.29) is 0 Å². The Bertz CT molecular complexity index is 299. The van der Waals surface area contributed by atoms with Crippen LogP contribution < -0.4 is 17.1 Å². The molecule has 0 bridgehead atoms. The molecule has 0 amide bonds. The molecule has 0 spiro atoms. The van der Waals surface area contributed by atoms with Crippen LogP contribution in [0.4, 0.5) is 0 Å². The molecule has 0 saturated heterocycles. The van der Waals surface area contributed by atoms with E-state index in [9.17, 15) is 14.4 Å². The van der Waals surface area contributed by atoms with Crippen molar-refractivity contribution in [2.24, 2.45) is 0 Å². The fourth-order valence-electron chi connectivity index (χ4n) is 0.403. The molecular formula is C3H3N3O4Si2. The van der Waals surface area contributed by atoms with E-state index in [1.54, 1.807) is 15.0 Å². The van der Waals surface area contributed by atoms with Crippen molar-refractivity contribution >= 4 is 21.0 Å². The average molecular weight is 201 g/mol. The Balaban J connectivity index is 0.000000354. The zero-order valence-corrected chi connectivity index (χ0v) is 7.63. The standard InChI is InChI=1S/C3H3N3O3.OSi2/c7-1-4-2(8)6-3(9)5-1;2-1-3/h(H3,4,5,6,7,8,9);. The average Bonchev–Trinajstić information content (AvgIpc) is 1.84. The lowest BCUT2D eigenvalue weighted by atomic mass is 11.0. The van der Waals surface area contributed by atoms with Gasteiger partial charge >= 0.3 is 17.1 Å². The lowest BCUT2D eigenvalue weighted by Crippen LogP contribution is -2.34. The second-order valence-electron chi connectivity index (χ2n) is 1.46. The molecule has 0 aliphatic carbocycles. The Kier molecular flexibility index (Phi) is 4.91. The van der Waals surface area contributed by atoms with E-state index >= 15 is 0 Å². The van der Waals surface area contributed by atoms with Crippen molar-refractivity contribution in [1.29, 1.82) is 0 Å². The molecule has 0 atom stereocenters. The van der Waals surface area contributed by atoms with E-state index in [0.717, 1.165) is 0 Å². The maximum absolute atomic E-state index is 10.2. The fraction of sp³-hybridized carbons (Fsp3) is 0.